The molecular formula is C20H33ClIN5O2. The van der Waals surface area contributed by atoms with Crippen LogP contribution in [0.25, 0.3) is 0 Å². The zero-order valence-corrected chi connectivity index (χ0v) is 21.0. The van der Waals surface area contributed by atoms with Gasteiger partial charge in [0.2, 0.25) is 11.8 Å². The van der Waals surface area contributed by atoms with Crippen LogP contribution in [-0.2, 0) is 9.59 Å². The zero-order chi connectivity index (χ0) is 21.1. The number of hydrogen-bond acceptors (Lipinski definition) is 3. The zero-order valence-electron chi connectivity index (χ0n) is 17.9. The molecule has 2 N–H and O–H groups in total. The van der Waals surface area contributed by atoms with Gasteiger partial charge in [0, 0.05) is 43.8 Å². The van der Waals surface area contributed by atoms with Crippen molar-refractivity contribution < 1.29 is 9.59 Å². The summed E-state index contributed by atoms with van der Waals surface area (Å²) in [6.45, 7) is 10.3. The molecule has 1 aromatic rings. The molecule has 1 rings (SSSR count). The second kappa shape index (κ2) is 14.4. The van der Waals surface area contributed by atoms with Gasteiger partial charge in [-0.3, -0.25) is 14.6 Å². The molecule has 0 aliphatic rings. The third kappa shape index (κ3) is 9.20. The number of nitrogens with zero attached hydrogens (tertiary/aromatic N) is 3. The molecular weight excluding hydrogens is 505 g/mol. The molecule has 0 aromatic heterocycles. The molecule has 29 heavy (non-hydrogen) atoms. The number of carbonyl (C=O) groups is 2. The van der Waals surface area contributed by atoms with Gasteiger partial charge in [0.25, 0.3) is 0 Å². The molecule has 0 aliphatic heterocycles. The number of hydrogen-bond donors (Lipinski definition) is 2. The second-order valence-corrected chi connectivity index (χ2v) is 6.78. The summed E-state index contributed by atoms with van der Waals surface area (Å²) < 4.78 is 0. The van der Waals surface area contributed by atoms with Crippen LogP contribution in [0.2, 0.25) is 5.02 Å². The Hall–Kier alpha value is -1.55. The summed E-state index contributed by atoms with van der Waals surface area (Å²) in [6.07, 6.45) is 0.235. The summed E-state index contributed by atoms with van der Waals surface area (Å²) in [4.78, 5) is 32.5. The highest BCUT2D eigenvalue weighted by atomic mass is 127. The monoisotopic (exact) mass is 537 g/mol. The maximum atomic E-state index is 12.3. The van der Waals surface area contributed by atoms with Gasteiger partial charge in [0.1, 0.15) is 0 Å². The van der Waals surface area contributed by atoms with Crippen molar-refractivity contribution in [3.05, 3.63) is 28.8 Å². The molecule has 0 saturated carbocycles. The molecule has 9 heteroatoms. The Balaban J connectivity index is 0.00000784. The van der Waals surface area contributed by atoms with Crippen molar-refractivity contribution in [3.63, 3.8) is 0 Å². The molecule has 0 spiro atoms. The van der Waals surface area contributed by atoms with Crippen LogP contribution >= 0.6 is 35.6 Å². The van der Waals surface area contributed by atoms with Gasteiger partial charge < -0.3 is 20.4 Å². The van der Waals surface area contributed by atoms with Crippen molar-refractivity contribution in [2.75, 3.05) is 45.1 Å². The van der Waals surface area contributed by atoms with Crippen LogP contribution in [0, 0.1) is 6.92 Å². The Kier molecular flexibility index (Phi) is 13.7. The molecule has 0 aliphatic carbocycles. The normalized spacial score (nSPS) is 10.8. The lowest BCUT2D eigenvalue weighted by Gasteiger charge is -2.25. The van der Waals surface area contributed by atoms with E-state index < -0.39 is 0 Å². The largest absolute Gasteiger partial charge is 0.357 e. The van der Waals surface area contributed by atoms with Crippen LogP contribution in [0.15, 0.2) is 23.2 Å². The minimum atomic E-state index is -0.133. The van der Waals surface area contributed by atoms with E-state index in [1.54, 1.807) is 21.9 Å². The van der Waals surface area contributed by atoms with E-state index in [0.717, 1.165) is 5.56 Å². The number of rotatable bonds is 9. The average Bonchev–Trinajstić information content (AvgIpc) is 2.65. The molecule has 0 heterocycles. The minimum Gasteiger partial charge on any atom is -0.357 e. The van der Waals surface area contributed by atoms with Gasteiger partial charge in [0.15, 0.2) is 5.96 Å². The number of carbonyl (C=O) groups excluding carboxylic acids is 2. The fourth-order valence-electron chi connectivity index (χ4n) is 2.64. The first kappa shape index (κ1) is 27.5. The summed E-state index contributed by atoms with van der Waals surface area (Å²) in [6, 6.07) is 5.40. The third-order valence-electron chi connectivity index (χ3n) is 4.33. The number of amides is 2. The maximum Gasteiger partial charge on any atom is 0.242 e. The van der Waals surface area contributed by atoms with E-state index in [1.807, 2.05) is 40.8 Å². The number of benzene rings is 1. The topological polar surface area (TPSA) is 77.0 Å². The number of guanidine groups is 1. The Labute approximate surface area is 196 Å². The summed E-state index contributed by atoms with van der Waals surface area (Å²) in [7, 11) is 1.82. The molecule has 0 bridgehead atoms. The van der Waals surface area contributed by atoms with Gasteiger partial charge >= 0.3 is 0 Å². The lowest BCUT2D eigenvalue weighted by molar-refractivity contribution is -0.131. The predicted molar refractivity (Wildman–Crippen MR) is 131 cm³/mol. The summed E-state index contributed by atoms with van der Waals surface area (Å²) in [5.74, 6) is 0.522. The van der Waals surface area contributed by atoms with Crippen molar-refractivity contribution in [2.45, 2.75) is 34.1 Å². The molecule has 0 fully saturated rings. The highest BCUT2D eigenvalue weighted by molar-refractivity contribution is 14.0. The Morgan fingerprint density at radius 2 is 1.83 bits per heavy atom. The number of anilines is 1. The summed E-state index contributed by atoms with van der Waals surface area (Å²) >= 11 is 6.08. The van der Waals surface area contributed by atoms with Crippen molar-refractivity contribution >= 4 is 59.0 Å². The average molecular weight is 538 g/mol. The SMILES string of the molecule is CCNC(=NCCC(=O)Nc1cccc(Cl)c1C)N(C)CC(=O)N(CC)CC.I. The van der Waals surface area contributed by atoms with E-state index in [2.05, 4.69) is 15.6 Å². The maximum absolute atomic E-state index is 12.3. The van der Waals surface area contributed by atoms with Crippen molar-refractivity contribution in [1.82, 2.24) is 15.1 Å². The fraction of sp³-hybridized carbons (Fsp3) is 0.550. The van der Waals surface area contributed by atoms with Gasteiger partial charge in [-0.15, -0.1) is 24.0 Å². The summed E-state index contributed by atoms with van der Waals surface area (Å²) in [5.41, 5.74) is 1.54. The third-order valence-corrected chi connectivity index (χ3v) is 4.74. The molecule has 0 saturated heterocycles. The quantitative estimate of drug-likeness (QED) is 0.288. The van der Waals surface area contributed by atoms with Gasteiger partial charge in [-0.2, -0.15) is 0 Å². The predicted octanol–water partition coefficient (Wildman–Crippen LogP) is 3.36. The lowest BCUT2D eigenvalue weighted by Crippen LogP contribution is -2.45. The fourth-order valence-corrected chi connectivity index (χ4v) is 2.82. The van der Waals surface area contributed by atoms with Crippen LogP contribution < -0.4 is 10.6 Å². The highest BCUT2D eigenvalue weighted by Gasteiger charge is 2.15. The Morgan fingerprint density at radius 1 is 1.17 bits per heavy atom. The standard InChI is InChI=1S/C20H32ClN5O2.HI/c1-6-22-20(25(5)14-19(28)26(7-2)8-3)23-13-12-18(27)24-17-11-9-10-16(21)15(17)4;/h9-11H,6-8,12-14H2,1-5H3,(H,22,23)(H,24,27);1H. The molecule has 0 atom stereocenters. The van der Waals surface area contributed by atoms with Gasteiger partial charge in [-0.25, -0.2) is 0 Å². The highest BCUT2D eigenvalue weighted by Crippen LogP contribution is 2.22. The lowest BCUT2D eigenvalue weighted by atomic mass is 10.2. The first-order valence-corrected chi connectivity index (χ1v) is 10.0. The smallest absolute Gasteiger partial charge is 0.242 e. The van der Waals surface area contributed by atoms with Crippen LogP contribution in [0.1, 0.15) is 32.8 Å². The number of halogens is 2. The second-order valence-electron chi connectivity index (χ2n) is 6.37. The molecule has 0 radical (unpaired) electrons. The Bertz CT molecular complexity index is 695. The van der Waals surface area contributed by atoms with Crippen LogP contribution in [0.5, 0.6) is 0 Å². The first-order chi connectivity index (χ1) is 13.3. The molecule has 1 aromatic carbocycles. The van der Waals surface area contributed by atoms with Gasteiger partial charge in [0.05, 0.1) is 13.1 Å². The van der Waals surface area contributed by atoms with Crippen molar-refractivity contribution in [1.29, 1.82) is 0 Å². The van der Waals surface area contributed by atoms with Crippen LogP contribution in [0.3, 0.4) is 0 Å². The van der Waals surface area contributed by atoms with Gasteiger partial charge in [-0.05, 0) is 45.4 Å². The van der Waals surface area contributed by atoms with Crippen molar-refractivity contribution in [2.24, 2.45) is 4.99 Å². The first-order valence-electron chi connectivity index (χ1n) is 9.66. The van der Waals surface area contributed by atoms with Crippen LogP contribution in [0.4, 0.5) is 5.69 Å². The minimum absolute atomic E-state index is 0. The molecule has 0 unspecified atom stereocenters. The van der Waals surface area contributed by atoms with E-state index in [-0.39, 0.29) is 48.8 Å². The molecule has 164 valence electrons. The summed E-state index contributed by atoms with van der Waals surface area (Å²) in [5, 5.41) is 6.64. The molecule has 2 amide bonds. The number of aliphatic imine (C=N–C) groups is 1. The van der Waals surface area contributed by atoms with E-state index in [1.165, 1.54) is 0 Å². The van der Waals surface area contributed by atoms with E-state index in [0.29, 0.717) is 42.8 Å². The van der Waals surface area contributed by atoms with E-state index in [9.17, 15) is 9.59 Å². The van der Waals surface area contributed by atoms with Crippen molar-refractivity contribution in [3.8, 4) is 0 Å². The van der Waals surface area contributed by atoms with Crippen LogP contribution in [-0.4, -0.2) is 67.3 Å². The Morgan fingerprint density at radius 3 is 2.41 bits per heavy atom. The van der Waals surface area contributed by atoms with E-state index >= 15 is 0 Å². The molecule has 7 nitrogen and oxygen atoms in total. The number of likely N-dealkylation sites (N-methyl/N-ethyl adjacent to an activating group) is 2. The number of nitrogens with one attached hydrogen (secondary N) is 2. The van der Waals surface area contributed by atoms with Gasteiger partial charge in [-0.1, -0.05) is 17.7 Å². The van der Waals surface area contributed by atoms with E-state index in [4.69, 9.17) is 11.6 Å².